The highest BCUT2D eigenvalue weighted by molar-refractivity contribution is 5.82. The van der Waals surface area contributed by atoms with E-state index in [0.717, 1.165) is 70.9 Å². The summed E-state index contributed by atoms with van der Waals surface area (Å²) in [6, 6.07) is 10.8. The van der Waals surface area contributed by atoms with Gasteiger partial charge in [-0.15, -0.1) is 0 Å². The Hall–Kier alpha value is -2.08. The summed E-state index contributed by atoms with van der Waals surface area (Å²) in [6.07, 6.45) is 3.91. The number of nitrogens with zero attached hydrogens (tertiary/aromatic N) is 3. The molecule has 0 radical (unpaired) electrons. The number of likely N-dealkylation sites (tertiary alicyclic amines) is 1. The average molecular weight is 429 g/mol. The number of carbonyl (C=O) groups is 1. The molecule has 6 heteroatoms. The Bertz CT molecular complexity index is 703. The van der Waals surface area contributed by atoms with Crippen LogP contribution < -0.4 is 5.32 Å². The van der Waals surface area contributed by atoms with Gasteiger partial charge in [0.1, 0.15) is 0 Å². The maximum atomic E-state index is 12.9. The minimum absolute atomic E-state index is 0.0621. The fraction of sp³-hybridized carbons (Fsp3) is 0.680. The Morgan fingerprint density at radius 2 is 1.68 bits per heavy atom. The van der Waals surface area contributed by atoms with Gasteiger partial charge in [0.15, 0.2) is 5.96 Å². The van der Waals surface area contributed by atoms with E-state index in [2.05, 4.69) is 61.3 Å². The van der Waals surface area contributed by atoms with Crippen LogP contribution in [0, 0.1) is 5.92 Å². The number of hydrogen-bond donors (Lipinski definition) is 1. The van der Waals surface area contributed by atoms with Crippen molar-refractivity contribution >= 4 is 11.9 Å². The van der Waals surface area contributed by atoms with Crippen LogP contribution in [0.25, 0.3) is 0 Å². The fourth-order valence-electron chi connectivity index (χ4n) is 4.80. The molecule has 0 spiro atoms. The number of piperidine rings is 1. The minimum atomic E-state index is 0.0621. The molecule has 0 aliphatic carbocycles. The lowest BCUT2D eigenvalue weighted by molar-refractivity contribution is -0.140. The van der Waals surface area contributed by atoms with E-state index >= 15 is 0 Å². The number of nitrogens with one attached hydrogen (secondary N) is 1. The van der Waals surface area contributed by atoms with Crippen molar-refractivity contribution in [3.8, 4) is 0 Å². The summed E-state index contributed by atoms with van der Waals surface area (Å²) >= 11 is 0. The SMILES string of the molecule is CCNC(=NCC(CC)(CC)c1ccccc1)N1CCC(C(=O)N2CCOCC2)CC1. The first-order valence-electron chi connectivity index (χ1n) is 12.1. The zero-order chi connectivity index (χ0) is 22.1. The van der Waals surface area contributed by atoms with Crippen molar-refractivity contribution in [3.63, 3.8) is 0 Å². The van der Waals surface area contributed by atoms with E-state index < -0.39 is 0 Å². The first-order valence-corrected chi connectivity index (χ1v) is 12.1. The van der Waals surface area contributed by atoms with Gasteiger partial charge in [0.25, 0.3) is 0 Å². The zero-order valence-electron chi connectivity index (χ0n) is 19.6. The number of hydrogen-bond acceptors (Lipinski definition) is 3. The van der Waals surface area contributed by atoms with Gasteiger partial charge in [-0.25, -0.2) is 0 Å². The Morgan fingerprint density at radius 1 is 1.03 bits per heavy atom. The highest BCUT2D eigenvalue weighted by atomic mass is 16.5. The van der Waals surface area contributed by atoms with Gasteiger partial charge in [-0.05, 0) is 38.2 Å². The number of ether oxygens (including phenoxy) is 1. The van der Waals surface area contributed by atoms with Crippen molar-refractivity contribution in [2.75, 3.05) is 52.5 Å². The highest BCUT2D eigenvalue weighted by Gasteiger charge is 2.32. The smallest absolute Gasteiger partial charge is 0.225 e. The Morgan fingerprint density at radius 3 is 2.26 bits per heavy atom. The Kier molecular flexibility index (Phi) is 8.76. The molecule has 1 aromatic rings. The van der Waals surface area contributed by atoms with Crippen molar-refractivity contribution in [3.05, 3.63) is 35.9 Å². The van der Waals surface area contributed by atoms with E-state index in [1.165, 1.54) is 5.56 Å². The molecule has 2 fully saturated rings. The molecule has 0 unspecified atom stereocenters. The number of amides is 1. The van der Waals surface area contributed by atoms with Crippen LogP contribution in [0.5, 0.6) is 0 Å². The van der Waals surface area contributed by atoms with Crippen LogP contribution in [-0.4, -0.2) is 74.1 Å². The standard InChI is InChI=1S/C25H40N4O2/c1-4-25(5-2,22-10-8-7-9-11-22)20-27-24(26-6-3)29-14-12-21(13-15-29)23(30)28-16-18-31-19-17-28/h7-11,21H,4-6,12-20H2,1-3H3,(H,26,27). The number of rotatable bonds is 7. The summed E-state index contributed by atoms with van der Waals surface area (Å²) in [5.74, 6) is 1.43. The second kappa shape index (κ2) is 11.5. The van der Waals surface area contributed by atoms with Crippen LogP contribution in [0.3, 0.4) is 0 Å². The van der Waals surface area contributed by atoms with E-state index in [4.69, 9.17) is 9.73 Å². The lowest BCUT2D eigenvalue weighted by Crippen LogP contribution is -2.50. The molecule has 0 bridgehead atoms. The predicted molar refractivity (Wildman–Crippen MR) is 126 cm³/mol. The van der Waals surface area contributed by atoms with Crippen LogP contribution in [-0.2, 0) is 14.9 Å². The third-order valence-corrected chi connectivity index (χ3v) is 7.07. The summed E-state index contributed by atoms with van der Waals surface area (Å²) in [4.78, 5) is 22.3. The Labute approximate surface area is 188 Å². The molecule has 2 heterocycles. The number of benzene rings is 1. The van der Waals surface area contributed by atoms with Gasteiger partial charge in [-0.1, -0.05) is 44.2 Å². The van der Waals surface area contributed by atoms with Gasteiger partial charge in [0.05, 0.1) is 19.8 Å². The van der Waals surface area contributed by atoms with Gasteiger partial charge in [0.2, 0.25) is 5.91 Å². The van der Waals surface area contributed by atoms with Crippen LogP contribution in [0.4, 0.5) is 0 Å². The van der Waals surface area contributed by atoms with E-state index in [0.29, 0.717) is 19.1 Å². The molecule has 1 amide bonds. The number of guanidine groups is 1. The number of carbonyl (C=O) groups excluding carboxylic acids is 1. The molecule has 3 rings (SSSR count). The molecular weight excluding hydrogens is 388 g/mol. The predicted octanol–water partition coefficient (Wildman–Crippen LogP) is 3.28. The lowest BCUT2D eigenvalue weighted by atomic mass is 9.76. The van der Waals surface area contributed by atoms with Gasteiger partial charge in [-0.2, -0.15) is 0 Å². The molecule has 2 aliphatic rings. The van der Waals surface area contributed by atoms with Crippen LogP contribution in [0.2, 0.25) is 0 Å². The molecule has 2 aliphatic heterocycles. The first kappa shape index (κ1) is 23.6. The highest BCUT2D eigenvalue weighted by Crippen LogP contribution is 2.32. The maximum absolute atomic E-state index is 12.9. The van der Waals surface area contributed by atoms with E-state index in [9.17, 15) is 4.79 Å². The number of aliphatic imine (C=N–C) groups is 1. The largest absolute Gasteiger partial charge is 0.378 e. The summed E-state index contributed by atoms with van der Waals surface area (Å²) < 4.78 is 5.39. The zero-order valence-corrected chi connectivity index (χ0v) is 19.6. The lowest BCUT2D eigenvalue weighted by Gasteiger charge is -2.37. The molecule has 31 heavy (non-hydrogen) atoms. The van der Waals surface area contributed by atoms with Crippen molar-refractivity contribution in [2.24, 2.45) is 10.9 Å². The molecule has 0 atom stereocenters. The van der Waals surface area contributed by atoms with Crippen molar-refractivity contribution < 1.29 is 9.53 Å². The van der Waals surface area contributed by atoms with Crippen molar-refractivity contribution in [1.82, 2.24) is 15.1 Å². The van der Waals surface area contributed by atoms with Gasteiger partial charge in [-0.3, -0.25) is 9.79 Å². The van der Waals surface area contributed by atoms with Gasteiger partial charge >= 0.3 is 0 Å². The number of morpholine rings is 1. The average Bonchev–Trinajstić information content (AvgIpc) is 2.85. The molecular formula is C25H40N4O2. The molecule has 2 saturated heterocycles. The molecule has 0 aromatic heterocycles. The normalized spacial score (nSPS) is 18.9. The molecule has 172 valence electrons. The molecule has 1 aromatic carbocycles. The topological polar surface area (TPSA) is 57.2 Å². The van der Waals surface area contributed by atoms with Crippen LogP contribution in [0.15, 0.2) is 35.3 Å². The van der Waals surface area contributed by atoms with Crippen LogP contribution in [0.1, 0.15) is 52.0 Å². The Balaban J connectivity index is 1.65. The maximum Gasteiger partial charge on any atom is 0.225 e. The summed E-state index contributed by atoms with van der Waals surface area (Å²) in [5, 5.41) is 3.50. The summed E-state index contributed by atoms with van der Waals surface area (Å²) in [5.41, 5.74) is 1.43. The van der Waals surface area contributed by atoms with Crippen molar-refractivity contribution in [1.29, 1.82) is 0 Å². The molecule has 1 N–H and O–H groups in total. The van der Waals surface area contributed by atoms with E-state index in [1.54, 1.807) is 0 Å². The second-order valence-electron chi connectivity index (χ2n) is 8.72. The van der Waals surface area contributed by atoms with Crippen molar-refractivity contribution in [2.45, 2.75) is 51.9 Å². The van der Waals surface area contributed by atoms with Gasteiger partial charge in [0, 0.05) is 44.1 Å². The third kappa shape index (κ3) is 5.79. The third-order valence-electron chi connectivity index (χ3n) is 7.07. The fourth-order valence-corrected chi connectivity index (χ4v) is 4.80. The van der Waals surface area contributed by atoms with E-state index in [1.807, 2.05) is 4.90 Å². The molecule has 0 saturated carbocycles. The molecule has 6 nitrogen and oxygen atoms in total. The first-order chi connectivity index (χ1) is 15.1. The monoisotopic (exact) mass is 428 g/mol. The summed E-state index contributed by atoms with van der Waals surface area (Å²) in [7, 11) is 0. The van der Waals surface area contributed by atoms with E-state index in [-0.39, 0.29) is 11.3 Å². The van der Waals surface area contributed by atoms with Crippen LogP contribution >= 0.6 is 0 Å². The minimum Gasteiger partial charge on any atom is -0.378 e. The second-order valence-corrected chi connectivity index (χ2v) is 8.72. The quantitative estimate of drug-likeness (QED) is 0.535. The summed E-state index contributed by atoms with van der Waals surface area (Å²) in [6.45, 7) is 12.8. The van der Waals surface area contributed by atoms with Gasteiger partial charge < -0.3 is 19.9 Å².